The normalized spacial score (nSPS) is 13.8. The number of hydrogen-bond donors (Lipinski definition) is 1. The molecule has 0 saturated carbocycles. The largest absolute Gasteiger partial charge is 0.370 e. The van der Waals surface area contributed by atoms with Crippen LogP contribution in [0.3, 0.4) is 0 Å². The number of aromatic nitrogens is 1. The maximum absolute atomic E-state index is 5.72. The monoisotopic (exact) mass is 192 g/mol. The summed E-state index contributed by atoms with van der Waals surface area (Å²) < 4.78 is 0. The van der Waals surface area contributed by atoms with Gasteiger partial charge in [-0.25, -0.2) is 0 Å². The van der Waals surface area contributed by atoms with Crippen LogP contribution < -0.4 is 5.73 Å². The number of pyridine rings is 1. The average molecular weight is 192 g/mol. The van der Waals surface area contributed by atoms with Crippen LogP contribution in [-0.4, -0.2) is 29.9 Å². The van der Waals surface area contributed by atoms with Gasteiger partial charge >= 0.3 is 0 Å². The number of nitrogens with zero attached hydrogens (tertiary/aromatic N) is 3. The van der Waals surface area contributed by atoms with Crippen molar-refractivity contribution in [2.24, 2.45) is 10.7 Å². The molecule has 4 heteroatoms. The molecule has 0 aromatic carbocycles. The van der Waals surface area contributed by atoms with E-state index in [1.807, 2.05) is 24.1 Å². The van der Waals surface area contributed by atoms with Crippen molar-refractivity contribution < 1.29 is 0 Å². The third kappa shape index (κ3) is 2.22. The molecule has 1 aromatic heterocycles. The molecule has 1 atom stereocenters. The summed E-state index contributed by atoms with van der Waals surface area (Å²) in [6.07, 6.45) is 3.55. The average Bonchev–Trinajstić information content (AvgIpc) is 2.27. The molecule has 0 bridgehead atoms. The topological polar surface area (TPSA) is 54.5 Å². The molecule has 0 aliphatic carbocycles. The SMILES string of the molecule is CN=C(N)N(C)C(C)c1ccncc1. The van der Waals surface area contributed by atoms with Crippen LogP contribution in [0.2, 0.25) is 0 Å². The van der Waals surface area contributed by atoms with Crippen LogP contribution in [0.15, 0.2) is 29.5 Å². The summed E-state index contributed by atoms with van der Waals surface area (Å²) in [5.41, 5.74) is 6.89. The Morgan fingerprint density at radius 1 is 1.50 bits per heavy atom. The van der Waals surface area contributed by atoms with Gasteiger partial charge in [0.15, 0.2) is 5.96 Å². The van der Waals surface area contributed by atoms with Crippen molar-refractivity contribution in [2.75, 3.05) is 14.1 Å². The van der Waals surface area contributed by atoms with Crippen molar-refractivity contribution in [1.29, 1.82) is 0 Å². The van der Waals surface area contributed by atoms with Gasteiger partial charge < -0.3 is 10.6 Å². The fourth-order valence-corrected chi connectivity index (χ4v) is 1.22. The third-order valence-corrected chi connectivity index (χ3v) is 2.36. The van der Waals surface area contributed by atoms with E-state index in [0.717, 1.165) is 0 Å². The van der Waals surface area contributed by atoms with E-state index in [4.69, 9.17) is 5.73 Å². The maximum atomic E-state index is 5.72. The summed E-state index contributed by atoms with van der Waals surface area (Å²) in [6.45, 7) is 2.08. The lowest BCUT2D eigenvalue weighted by molar-refractivity contribution is 0.397. The Labute approximate surface area is 84.5 Å². The first-order valence-corrected chi connectivity index (χ1v) is 4.51. The first-order valence-electron chi connectivity index (χ1n) is 4.51. The molecule has 0 spiro atoms. The van der Waals surface area contributed by atoms with Crippen molar-refractivity contribution in [3.63, 3.8) is 0 Å². The zero-order valence-electron chi connectivity index (χ0n) is 8.81. The summed E-state index contributed by atoms with van der Waals surface area (Å²) >= 11 is 0. The highest BCUT2D eigenvalue weighted by atomic mass is 15.2. The van der Waals surface area contributed by atoms with E-state index in [1.165, 1.54) is 5.56 Å². The Hall–Kier alpha value is -1.58. The first kappa shape index (κ1) is 10.5. The second-order valence-electron chi connectivity index (χ2n) is 3.15. The van der Waals surface area contributed by atoms with Gasteiger partial charge in [0, 0.05) is 26.5 Å². The highest BCUT2D eigenvalue weighted by Crippen LogP contribution is 2.16. The second-order valence-corrected chi connectivity index (χ2v) is 3.15. The highest BCUT2D eigenvalue weighted by molar-refractivity contribution is 5.78. The van der Waals surface area contributed by atoms with Crippen LogP contribution in [0, 0.1) is 0 Å². The lowest BCUT2D eigenvalue weighted by atomic mass is 10.1. The summed E-state index contributed by atoms with van der Waals surface area (Å²) in [4.78, 5) is 9.84. The number of guanidine groups is 1. The fraction of sp³-hybridized carbons (Fsp3) is 0.400. The molecule has 1 aromatic rings. The van der Waals surface area contributed by atoms with Crippen LogP contribution in [0.25, 0.3) is 0 Å². The van der Waals surface area contributed by atoms with Gasteiger partial charge in [0.25, 0.3) is 0 Å². The quantitative estimate of drug-likeness (QED) is 0.562. The molecule has 1 unspecified atom stereocenters. The minimum absolute atomic E-state index is 0.210. The van der Waals surface area contributed by atoms with Gasteiger partial charge in [0.2, 0.25) is 0 Å². The molecule has 14 heavy (non-hydrogen) atoms. The zero-order chi connectivity index (χ0) is 10.6. The van der Waals surface area contributed by atoms with E-state index < -0.39 is 0 Å². The lowest BCUT2D eigenvalue weighted by Gasteiger charge is -2.25. The number of nitrogens with two attached hydrogens (primary N) is 1. The predicted octanol–water partition coefficient (Wildman–Crippen LogP) is 1.02. The molecule has 1 rings (SSSR count). The van der Waals surface area contributed by atoms with E-state index >= 15 is 0 Å². The summed E-state index contributed by atoms with van der Waals surface area (Å²) in [7, 11) is 3.61. The zero-order valence-corrected chi connectivity index (χ0v) is 8.81. The molecule has 0 amide bonds. The lowest BCUT2D eigenvalue weighted by Crippen LogP contribution is -2.35. The van der Waals surface area contributed by atoms with E-state index in [1.54, 1.807) is 19.4 Å². The van der Waals surface area contributed by atoms with Gasteiger partial charge in [-0.05, 0) is 24.6 Å². The van der Waals surface area contributed by atoms with Crippen molar-refractivity contribution in [3.05, 3.63) is 30.1 Å². The molecular formula is C10H16N4. The Balaban J connectivity index is 2.81. The molecule has 0 radical (unpaired) electrons. The van der Waals surface area contributed by atoms with Crippen molar-refractivity contribution in [1.82, 2.24) is 9.88 Å². The Morgan fingerprint density at radius 2 is 2.07 bits per heavy atom. The molecule has 76 valence electrons. The first-order chi connectivity index (χ1) is 6.66. The Morgan fingerprint density at radius 3 is 2.57 bits per heavy atom. The van der Waals surface area contributed by atoms with Crippen LogP contribution in [0.4, 0.5) is 0 Å². The van der Waals surface area contributed by atoms with E-state index in [-0.39, 0.29) is 6.04 Å². The molecule has 4 nitrogen and oxygen atoms in total. The maximum Gasteiger partial charge on any atom is 0.191 e. The summed E-state index contributed by atoms with van der Waals surface area (Å²) in [6, 6.07) is 4.16. The fourth-order valence-electron chi connectivity index (χ4n) is 1.22. The minimum Gasteiger partial charge on any atom is -0.370 e. The molecule has 2 N–H and O–H groups in total. The predicted molar refractivity (Wildman–Crippen MR) is 58.0 cm³/mol. The van der Waals surface area contributed by atoms with Crippen LogP contribution in [-0.2, 0) is 0 Å². The van der Waals surface area contributed by atoms with Gasteiger partial charge in [-0.2, -0.15) is 0 Å². The third-order valence-electron chi connectivity index (χ3n) is 2.36. The number of rotatable bonds is 2. The van der Waals surface area contributed by atoms with Gasteiger partial charge in [0.05, 0.1) is 6.04 Å². The number of aliphatic imine (C=N–C) groups is 1. The minimum atomic E-state index is 0.210. The van der Waals surface area contributed by atoms with Gasteiger partial charge in [-0.15, -0.1) is 0 Å². The van der Waals surface area contributed by atoms with Crippen LogP contribution in [0.5, 0.6) is 0 Å². The Kier molecular flexibility index (Phi) is 3.45. The molecule has 0 aliphatic heterocycles. The smallest absolute Gasteiger partial charge is 0.191 e. The van der Waals surface area contributed by atoms with E-state index in [0.29, 0.717) is 5.96 Å². The molecule has 0 saturated heterocycles. The standard InChI is InChI=1S/C10H16N4/c1-8(14(3)10(11)12-2)9-4-6-13-7-5-9/h4-8H,1-3H3,(H2,11,12). The second kappa shape index (κ2) is 4.60. The molecule has 0 fully saturated rings. The Bertz CT molecular complexity index is 307. The van der Waals surface area contributed by atoms with Gasteiger partial charge in [-0.3, -0.25) is 9.98 Å². The highest BCUT2D eigenvalue weighted by Gasteiger charge is 2.12. The van der Waals surface area contributed by atoms with Gasteiger partial charge in [-0.1, -0.05) is 0 Å². The van der Waals surface area contributed by atoms with Crippen LogP contribution in [0.1, 0.15) is 18.5 Å². The summed E-state index contributed by atoms with van der Waals surface area (Å²) in [5, 5.41) is 0. The van der Waals surface area contributed by atoms with E-state index in [9.17, 15) is 0 Å². The van der Waals surface area contributed by atoms with Crippen molar-refractivity contribution in [3.8, 4) is 0 Å². The van der Waals surface area contributed by atoms with Crippen LogP contribution >= 0.6 is 0 Å². The number of hydrogen-bond acceptors (Lipinski definition) is 2. The van der Waals surface area contributed by atoms with E-state index in [2.05, 4.69) is 16.9 Å². The molecule has 1 heterocycles. The molecular weight excluding hydrogens is 176 g/mol. The summed E-state index contributed by atoms with van der Waals surface area (Å²) in [5.74, 6) is 0.536. The van der Waals surface area contributed by atoms with Crippen molar-refractivity contribution in [2.45, 2.75) is 13.0 Å². The van der Waals surface area contributed by atoms with Gasteiger partial charge in [0.1, 0.15) is 0 Å². The molecule has 0 aliphatic rings. The van der Waals surface area contributed by atoms with Crippen molar-refractivity contribution >= 4 is 5.96 Å².